The number of hydrogen-bond acceptors (Lipinski definition) is 4. The number of hydrogen-bond donors (Lipinski definition) is 2. The maximum Gasteiger partial charge on any atom is 0.305 e. The van der Waals surface area contributed by atoms with Crippen molar-refractivity contribution in [1.29, 1.82) is 0 Å². The van der Waals surface area contributed by atoms with Gasteiger partial charge >= 0.3 is 5.97 Å². The zero-order valence-electron chi connectivity index (χ0n) is 20.9. The molecule has 0 aliphatic rings. The second kappa shape index (κ2) is 12.9. The molecule has 0 fully saturated rings. The first kappa shape index (κ1) is 27.7. The molecule has 0 radical (unpaired) electrons. The fraction of sp³-hybridized carbons (Fsp3) is 0.167. The second-order valence-electron chi connectivity index (χ2n) is 8.82. The summed E-state index contributed by atoms with van der Waals surface area (Å²) in [6, 6.07) is 20.5. The molecule has 0 bridgehead atoms. The number of thiophene rings is 1. The van der Waals surface area contributed by atoms with Crippen LogP contribution in [0.4, 0.5) is 8.78 Å². The second-order valence-corrected chi connectivity index (χ2v) is 9.85. The van der Waals surface area contributed by atoms with Gasteiger partial charge in [0.25, 0.3) is 11.8 Å². The average Bonchev–Trinajstić information content (AvgIpc) is 3.44. The van der Waals surface area contributed by atoms with Crippen molar-refractivity contribution in [1.82, 2.24) is 10.2 Å². The van der Waals surface area contributed by atoms with Crippen molar-refractivity contribution in [3.8, 4) is 11.1 Å². The van der Waals surface area contributed by atoms with Gasteiger partial charge in [0.05, 0.1) is 6.42 Å². The Balaban J connectivity index is 1.60. The lowest BCUT2D eigenvalue weighted by atomic mass is 9.94. The van der Waals surface area contributed by atoms with E-state index in [4.69, 9.17) is 0 Å². The van der Waals surface area contributed by atoms with Crippen LogP contribution in [0, 0.1) is 11.6 Å². The van der Waals surface area contributed by atoms with Crippen LogP contribution in [-0.2, 0) is 17.8 Å². The largest absolute Gasteiger partial charge is 0.481 e. The van der Waals surface area contributed by atoms with Crippen LogP contribution in [0.1, 0.15) is 37.6 Å². The van der Waals surface area contributed by atoms with Crippen LogP contribution >= 0.6 is 11.3 Å². The van der Waals surface area contributed by atoms with Crippen molar-refractivity contribution in [3.63, 3.8) is 0 Å². The van der Waals surface area contributed by atoms with E-state index in [0.29, 0.717) is 29.7 Å². The van der Waals surface area contributed by atoms with E-state index in [1.54, 1.807) is 59.9 Å². The Labute approximate surface area is 228 Å². The summed E-state index contributed by atoms with van der Waals surface area (Å²) in [5, 5.41) is 13.9. The number of nitrogens with one attached hydrogen (secondary N) is 1. The van der Waals surface area contributed by atoms with Gasteiger partial charge in [-0.15, -0.1) is 11.3 Å². The standard InChI is InChI=1S/C30H26F2N2O4S/c31-21-16-20(17-22(32)18-21)19-33-29(37)26-9-3-1-7-24(26)25-8-2-4-10-27(25)30(38)34(14-12-28(35)36)13-11-23-6-5-15-39-23/h1-10,15-18H,11-14,19H2,(H,33,37)(H,35,36). The molecular weight excluding hydrogens is 522 g/mol. The van der Waals surface area contributed by atoms with Crippen molar-refractivity contribution in [2.24, 2.45) is 0 Å². The van der Waals surface area contributed by atoms with Crippen molar-refractivity contribution in [2.45, 2.75) is 19.4 Å². The van der Waals surface area contributed by atoms with Crippen LogP contribution in [-0.4, -0.2) is 40.9 Å². The van der Waals surface area contributed by atoms with Gasteiger partial charge in [-0.3, -0.25) is 14.4 Å². The van der Waals surface area contributed by atoms with E-state index in [9.17, 15) is 28.3 Å². The number of carboxylic acids is 1. The minimum Gasteiger partial charge on any atom is -0.481 e. The van der Waals surface area contributed by atoms with E-state index in [1.165, 1.54) is 4.90 Å². The smallest absolute Gasteiger partial charge is 0.305 e. The van der Waals surface area contributed by atoms with E-state index in [2.05, 4.69) is 5.32 Å². The van der Waals surface area contributed by atoms with Crippen LogP contribution in [0.2, 0.25) is 0 Å². The van der Waals surface area contributed by atoms with Gasteiger partial charge in [-0.05, 0) is 58.8 Å². The minimum absolute atomic E-state index is 0.0419. The number of carbonyl (C=O) groups is 3. The third-order valence-electron chi connectivity index (χ3n) is 6.09. The number of aliphatic carboxylic acids is 1. The predicted octanol–water partition coefficient (Wildman–Crippen LogP) is 5.78. The van der Waals surface area contributed by atoms with Crippen molar-refractivity contribution < 1.29 is 28.3 Å². The van der Waals surface area contributed by atoms with E-state index in [1.807, 2.05) is 17.5 Å². The molecule has 2 N–H and O–H groups in total. The highest BCUT2D eigenvalue weighted by atomic mass is 32.1. The molecule has 2 amide bonds. The van der Waals surface area contributed by atoms with Gasteiger partial charge in [0, 0.05) is 41.7 Å². The number of carboxylic acid groups (broad SMARTS) is 1. The number of amides is 2. The summed E-state index contributed by atoms with van der Waals surface area (Å²) in [7, 11) is 0. The Bertz CT molecular complexity index is 1450. The molecule has 9 heteroatoms. The highest BCUT2D eigenvalue weighted by molar-refractivity contribution is 7.09. The number of nitrogens with zero attached hydrogens (tertiary/aromatic N) is 1. The molecule has 200 valence electrons. The first-order valence-electron chi connectivity index (χ1n) is 12.3. The van der Waals surface area contributed by atoms with Gasteiger partial charge in [-0.1, -0.05) is 42.5 Å². The summed E-state index contributed by atoms with van der Waals surface area (Å²) in [5.41, 5.74) is 1.91. The van der Waals surface area contributed by atoms with Crippen LogP contribution in [0.25, 0.3) is 11.1 Å². The third-order valence-corrected chi connectivity index (χ3v) is 7.02. The van der Waals surface area contributed by atoms with Gasteiger partial charge in [-0.25, -0.2) is 8.78 Å². The fourth-order valence-electron chi connectivity index (χ4n) is 4.23. The topological polar surface area (TPSA) is 86.7 Å². The number of benzene rings is 3. The van der Waals surface area contributed by atoms with Gasteiger partial charge in [0.1, 0.15) is 11.6 Å². The Morgan fingerprint density at radius 2 is 1.46 bits per heavy atom. The summed E-state index contributed by atoms with van der Waals surface area (Å²) in [6.45, 7) is 0.293. The molecule has 0 saturated carbocycles. The number of carbonyl (C=O) groups excluding carboxylic acids is 2. The van der Waals surface area contributed by atoms with Gasteiger partial charge < -0.3 is 15.3 Å². The van der Waals surface area contributed by atoms with Crippen molar-refractivity contribution >= 4 is 29.1 Å². The lowest BCUT2D eigenvalue weighted by Crippen LogP contribution is -2.35. The van der Waals surface area contributed by atoms with Crippen LogP contribution < -0.4 is 5.32 Å². The molecule has 3 aromatic carbocycles. The third kappa shape index (κ3) is 7.36. The monoisotopic (exact) mass is 548 g/mol. The molecule has 4 rings (SSSR count). The molecule has 0 unspecified atom stereocenters. The van der Waals surface area contributed by atoms with E-state index < -0.39 is 23.5 Å². The van der Waals surface area contributed by atoms with E-state index in [0.717, 1.165) is 23.1 Å². The molecule has 0 aliphatic heterocycles. The lowest BCUT2D eigenvalue weighted by molar-refractivity contribution is -0.137. The quantitative estimate of drug-likeness (QED) is 0.249. The molecule has 1 heterocycles. The SMILES string of the molecule is O=C(O)CCN(CCc1cccs1)C(=O)c1ccccc1-c1ccccc1C(=O)NCc1cc(F)cc(F)c1. The summed E-state index contributed by atoms with van der Waals surface area (Å²) in [6.07, 6.45) is 0.392. The molecule has 0 aliphatic carbocycles. The van der Waals surface area contributed by atoms with Crippen LogP contribution in [0.5, 0.6) is 0 Å². The Hall–Kier alpha value is -4.37. The number of rotatable bonds is 11. The zero-order chi connectivity index (χ0) is 27.8. The fourth-order valence-corrected chi connectivity index (χ4v) is 4.93. The summed E-state index contributed by atoms with van der Waals surface area (Å²) < 4.78 is 27.1. The van der Waals surface area contributed by atoms with Gasteiger partial charge in [-0.2, -0.15) is 0 Å². The highest BCUT2D eigenvalue weighted by Gasteiger charge is 2.22. The Morgan fingerprint density at radius 1 is 0.821 bits per heavy atom. The molecule has 0 atom stereocenters. The first-order valence-corrected chi connectivity index (χ1v) is 13.1. The molecule has 6 nitrogen and oxygen atoms in total. The predicted molar refractivity (Wildman–Crippen MR) is 146 cm³/mol. The van der Waals surface area contributed by atoms with Crippen molar-refractivity contribution in [3.05, 3.63) is 117 Å². The summed E-state index contributed by atoms with van der Waals surface area (Å²) in [4.78, 5) is 40.8. The maximum atomic E-state index is 13.7. The lowest BCUT2D eigenvalue weighted by Gasteiger charge is -2.23. The molecule has 0 saturated heterocycles. The first-order chi connectivity index (χ1) is 18.8. The Morgan fingerprint density at radius 3 is 2.10 bits per heavy atom. The van der Waals surface area contributed by atoms with Crippen molar-refractivity contribution in [2.75, 3.05) is 13.1 Å². The molecule has 39 heavy (non-hydrogen) atoms. The van der Waals surface area contributed by atoms with Crippen LogP contribution in [0.15, 0.2) is 84.2 Å². The van der Waals surface area contributed by atoms with Crippen LogP contribution in [0.3, 0.4) is 0 Å². The zero-order valence-corrected chi connectivity index (χ0v) is 21.7. The number of halogens is 2. The molecule has 1 aromatic heterocycles. The van der Waals surface area contributed by atoms with E-state index >= 15 is 0 Å². The van der Waals surface area contributed by atoms with Gasteiger partial charge in [0.2, 0.25) is 0 Å². The van der Waals surface area contributed by atoms with E-state index in [-0.39, 0.29) is 36.5 Å². The highest BCUT2D eigenvalue weighted by Crippen LogP contribution is 2.29. The normalized spacial score (nSPS) is 10.7. The maximum absolute atomic E-state index is 13.7. The van der Waals surface area contributed by atoms with Gasteiger partial charge in [0.15, 0.2) is 0 Å². The summed E-state index contributed by atoms with van der Waals surface area (Å²) in [5.74, 6) is -3.29. The molecule has 4 aromatic rings. The minimum atomic E-state index is -1.00. The Kier molecular flexibility index (Phi) is 9.17. The average molecular weight is 549 g/mol. The summed E-state index contributed by atoms with van der Waals surface area (Å²) >= 11 is 1.57. The molecular formula is C30H26F2N2O4S. The molecule has 0 spiro atoms.